The molecule has 19 heavy (non-hydrogen) atoms. The van der Waals surface area contributed by atoms with Crippen LogP contribution in [-0.4, -0.2) is 11.1 Å². The molecule has 98 valence electrons. The molecule has 2 aromatic rings. The molecule has 0 aliphatic rings. The summed E-state index contributed by atoms with van der Waals surface area (Å²) >= 11 is 5.04. The number of carboxylic acid groups (broad SMARTS) is 1. The van der Waals surface area contributed by atoms with Gasteiger partial charge in [-0.05, 0) is 68.9 Å². The predicted molar refractivity (Wildman–Crippen MR) is 80.3 cm³/mol. The molecule has 0 atom stereocenters. The lowest BCUT2D eigenvalue weighted by atomic mass is 10.2. The number of halogens is 3. The van der Waals surface area contributed by atoms with Crippen molar-refractivity contribution < 1.29 is 19.0 Å². The van der Waals surface area contributed by atoms with Gasteiger partial charge in [-0.1, -0.05) is 6.07 Å². The van der Waals surface area contributed by atoms with Crippen LogP contribution in [0.15, 0.2) is 40.9 Å². The minimum Gasteiger partial charge on any atom is -0.478 e. The summed E-state index contributed by atoms with van der Waals surface area (Å²) in [6.07, 6.45) is 0. The summed E-state index contributed by atoms with van der Waals surface area (Å²) in [5.41, 5.74) is -0.146. The van der Waals surface area contributed by atoms with Crippen LogP contribution in [0.5, 0.6) is 11.5 Å². The number of ether oxygens (including phenoxy) is 1. The van der Waals surface area contributed by atoms with Gasteiger partial charge in [-0.2, -0.15) is 0 Å². The monoisotopic (exact) mass is 436 g/mol. The van der Waals surface area contributed by atoms with Crippen molar-refractivity contribution in [1.29, 1.82) is 0 Å². The van der Waals surface area contributed by atoms with Crippen molar-refractivity contribution in [2.24, 2.45) is 0 Å². The zero-order valence-corrected chi connectivity index (χ0v) is 13.1. The van der Waals surface area contributed by atoms with Gasteiger partial charge in [0.25, 0.3) is 0 Å². The Labute approximate surface area is 130 Å². The first kappa shape index (κ1) is 14.3. The van der Waals surface area contributed by atoms with Crippen molar-refractivity contribution in [1.82, 2.24) is 0 Å². The lowest BCUT2D eigenvalue weighted by molar-refractivity contribution is 0.0695. The smallest absolute Gasteiger partial charge is 0.336 e. The molecule has 6 heteroatoms. The molecule has 0 aromatic heterocycles. The Morgan fingerprint density at radius 2 is 2.05 bits per heavy atom. The number of aromatic carboxylic acids is 1. The Hall–Kier alpha value is -1.15. The molecule has 0 spiro atoms. The van der Waals surface area contributed by atoms with E-state index in [1.54, 1.807) is 18.2 Å². The van der Waals surface area contributed by atoms with E-state index in [4.69, 9.17) is 9.84 Å². The van der Waals surface area contributed by atoms with E-state index in [-0.39, 0.29) is 15.8 Å². The highest BCUT2D eigenvalue weighted by atomic mass is 127. The summed E-state index contributed by atoms with van der Waals surface area (Å²) in [6, 6.07) is 9.70. The van der Waals surface area contributed by atoms with Gasteiger partial charge in [-0.3, -0.25) is 0 Å². The number of carboxylic acids is 1. The molecule has 0 bridgehead atoms. The van der Waals surface area contributed by atoms with Gasteiger partial charge in [0.05, 0.1) is 10.0 Å². The molecule has 0 unspecified atom stereocenters. The van der Waals surface area contributed by atoms with Crippen LogP contribution in [0, 0.1) is 9.39 Å². The molecule has 0 heterocycles. The second kappa shape index (κ2) is 5.87. The zero-order chi connectivity index (χ0) is 14.0. The largest absolute Gasteiger partial charge is 0.478 e. The molecule has 0 aliphatic carbocycles. The second-order valence-corrected chi connectivity index (χ2v) is 5.64. The Kier molecular flexibility index (Phi) is 4.41. The average Bonchev–Trinajstić information content (AvgIpc) is 2.35. The summed E-state index contributed by atoms with van der Waals surface area (Å²) in [7, 11) is 0. The summed E-state index contributed by atoms with van der Waals surface area (Å²) in [6.45, 7) is 0. The highest BCUT2D eigenvalue weighted by molar-refractivity contribution is 14.1. The first-order valence-electron chi connectivity index (χ1n) is 5.13. The van der Waals surface area contributed by atoms with Crippen LogP contribution in [0.1, 0.15) is 10.4 Å². The molecule has 3 nitrogen and oxygen atoms in total. The fraction of sp³-hybridized carbons (Fsp3) is 0. The molecule has 0 aliphatic heterocycles. The summed E-state index contributed by atoms with van der Waals surface area (Å²) < 4.78 is 20.2. The van der Waals surface area contributed by atoms with Gasteiger partial charge in [-0.25, -0.2) is 9.18 Å². The molecule has 0 saturated heterocycles. The summed E-state index contributed by atoms with van der Waals surface area (Å²) in [5, 5.41) is 8.87. The molecular weight excluding hydrogens is 430 g/mol. The molecule has 0 saturated carbocycles. The van der Waals surface area contributed by atoms with Gasteiger partial charge in [-0.15, -0.1) is 0 Å². The number of carbonyl (C=O) groups is 1. The Morgan fingerprint density at radius 3 is 2.68 bits per heavy atom. The average molecular weight is 437 g/mol. The zero-order valence-electron chi connectivity index (χ0n) is 9.36. The van der Waals surface area contributed by atoms with Crippen molar-refractivity contribution in [2.45, 2.75) is 0 Å². The van der Waals surface area contributed by atoms with E-state index in [1.165, 1.54) is 12.1 Å². The maximum absolute atomic E-state index is 14.0. The van der Waals surface area contributed by atoms with E-state index in [2.05, 4.69) is 38.5 Å². The Balaban J connectivity index is 2.37. The summed E-state index contributed by atoms with van der Waals surface area (Å²) in [5.74, 6) is -1.48. The highest BCUT2D eigenvalue weighted by Gasteiger charge is 2.17. The Morgan fingerprint density at radius 1 is 1.32 bits per heavy atom. The van der Waals surface area contributed by atoms with E-state index in [1.807, 2.05) is 6.07 Å². The third-order valence-corrected chi connectivity index (χ3v) is 3.75. The van der Waals surface area contributed by atoms with Gasteiger partial charge in [0.1, 0.15) is 5.75 Å². The fourth-order valence-electron chi connectivity index (χ4n) is 1.43. The van der Waals surface area contributed by atoms with Crippen LogP contribution in [-0.2, 0) is 0 Å². The molecule has 2 aromatic carbocycles. The van der Waals surface area contributed by atoms with Gasteiger partial charge in [0, 0.05) is 3.57 Å². The van der Waals surface area contributed by atoms with E-state index >= 15 is 0 Å². The summed E-state index contributed by atoms with van der Waals surface area (Å²) in [4.78, 5) is 10.8. The van der Waals surface area contributed by atoms with Gasteiger partial charge in [0.15, 0.2) is 11.6 Å². The molecule has 0 amide bonds. The van der Waals surface area contributed by atoms with Crippen LogP contribution in [0.25, 0.3) is 0 Å². The number of hydrogen-bond donors (Lipinski definition) is 1. The lowest BCUT2D eigenvalue weighted by Crippen LogP contribution is -2.00. The quantitative estimate of drug-likeness (QED) is 0.710. The molecule has 2 rings (SSSR count). The lowest BCUT2D eigenvalue weighted by Gasteiger charge is -2.09. The molecule has 0 fully saturated rings. The number of benzene rings is 2. The van der Waals surface area contributed by atoms with Crippen molar-refractivity contribution in [3.05, 3.63) is 55.8 Å². The van der Waals surface area contributed by atoms with E-state index in [9.17, 15) is 9.18 Å². The maximum Gasteiger partial charge on any atom is 0.336 e. The molecule has 1 N–H and O–H groups in total. The van der Waals surface area contributed by atoms with Crippen LogP contribution in [0.4, 0.5) is 4.39 Å². The van der Waals surface area contributed by atoms with Crippen LogP contribution >= 0.6 is 38.5 Å². The Bertz CT molecular complexity index is 646. The second-order valence-electron chi connectivity index (χ2n) is 3.60. The predicted octanol–water partition coefficient (Wildman–Crippen LogP) is 4.68. The minimum atomic E-state index is -1.20. The third kappa shape index (κ3) is 3.24. The van der Waals surface area contributed by atoms with Crippen molar-refractivity contribution in [2.75, 3.05) is 0 Å². The van der Waals surface area contributed by atoms with Gasteiger partial charge >= 0.3 is 5.97 Å². The first-order valence-corrected chi connectivity index (χ1v) is 7.01. The van der Waals surface area contributed by atoms with Gasteiger partial charge in [0.2, 0.25) is 0 Å². The van der Waals surface area contributed by atoms with Crippen molar-refractivity contribution in [3.63, 3.8) is 0 Å². The fourth-order valence-corrected chi connectivity index (χ4v) is 2.44. The number of hydrogen-bond acceptors (Lipinski definition) is 2. The minimum absolute atomic E-state index is 0.0288. The SMILES string of the molecule is O=C(O)c1ccc(Oc2cccc(I)c2)c(F)c1Br. The van der Waals surface area contributed by atoms with Crippen LogP contribution in [0.2, 0.25) is 0 Å². The van der Waals surface area contributed by atoms with Gasteiger partial charge < -0.3 is 9.84 Å². The van der Waals surface area contributed by atoms with E-state index in [0.717, 1.165) is 3.57 Å². The van der Waals surface area contributed by atoms with E-state index < -0.39 is 11.8 Å². The highest BCUT2D eigenvalue weighted by Crippen LogP contribution is 2.32. The third-order valence-electron chi connectivity index (χ3n) is 2.30. The molecular formula is C13H7BrFIO3. The van der Waals surface area contributed by atoms with Crippen LogP contribution in [0.3, 0.4) is 0 Å². The molecule has 0 radical (unpaired) electrons. The standard InChI is InChI=1S/C13H7BrFIO3/c14-11-9(13(17)18)4-5-10(12(11)15)19-8-3-1-2-7(16)6-8/h1-6H,(H,17,18). The van der Waals surface area contributed by atoms with Crippen LogP contribution < -0.4 is 4.74 Å². The normalized spacial score (nSPS) is 10.3. The van der Waals surface area contributed by atoms with Crippen molar-refractivity contribution in [3.8, 4) is 11.5 Å². The maximum atomic E-state index is 14.0. The van der Waals surface area contributed by atoms with E-state index in [0.29, 0.717) is 5.75 Å². The number of rotatable bonds is 3. The first-order chi connectivity index (χ1) is 8.99. The van der Waals surface area contributed by atoms with Crippen molar-refractivity contribution >= 4 is 44.5 Å². The topological polar surface area (TPSA) is 46.5 Å².